The minimum absolute atomic E-state index is 0.0310. The monoisotopic (exact) mass is 470 g/mol. The van der Waals surface area contributed by atoms with Gasteiger partial charge in [0.2, 0.25) is 15.9 Å². The maximum Gasteiger partial charge on any atom is 0.433 e. The number of anilines is 2. The van der Waals surface area contributed by atoms with E-state index in [1.807, 2.05) is 0 Å². The van der Waals surface area contributed by atoms with E-state index in [1.165, 1.54) is 18.2 Å². The number of benzene rings is 1. The average Bonchev–Trinajstić information content (AvgIpc) is 2.65. The Morgan fingerprint density at radius 1 is 1.19 bits per heavy atom. The van der Waals surface area contributed by atoms with Gasteiger partial charge in [0.05, 0.1) is 11.9 Å². The van der Waals surface area contributed by atoms with E-state index in [0.29, 0.717) is 16.8 Å². The van der Waals surface area contributed by atoms with E-state index in [1.54, 1.807) is 39.0 Å². The van der Waals surface area contributed by atoms with Crippen LogP contribution in [-0.2, 0) is 27.5 Å². The first-order chi connectivity index (χ1) is 14.7. The molecular weight excluding hydrogens is 445 g/mol. The standard InChI is InChI=1S/C21H25F3N4O3S/c1-13(2)26-20-16(6-9-18(27-20)21(22,23)24)7-10-19(29)25-12-15-5-8-17(14(3)11-15)28-32(4,30)31/h5-11,13,28H,12H2,1-4H3,(H,25,29)(H,26,27). The van der Waals surface area contributed by atoms with Gasteiger partial charge in [0.1, 0.15) is 11.5 Å². The van der Waals surface area contributed by atoms with Gasteiger partial charge >= 0.3 is 6.18 Å². The van der Waals surface area contributed by atoms with E-state index in [-0.39, 0.29) is 18.4 Å². The van der Waals surface area contributed by atoms with Crippen molar-refractivity contribution in [3.8, 4) is 0 Å². The molecule has 0 fully saturated rings. The molecule has 0 radical (unpaired) electrons. The van der Waals surface area contributed by atoms with Crippen LogP contribution in [0, 0.1) is 6.92 Å². The van der Waals surface area contributed by atoms with E-state index in [9.17, 15) is 26.4 Å². The fourth-order valence-electron chi connectivity index (χ4n) is 2.71. The lowest BCUT2D eigenvalue weighted by atomic mass is 10.1. The van der Waals surface area contributed by atoms with Gasteiger partial charge in [-0.1, -0.05) is 12.1 Å². The van der Waals surface area contributed by atoms with Gasteiger partial charge in [-0.2, -0.15) is 13.2 Å². The summed E-state index contributed by atoms with van der Waals surface area (Å²) in [4.78, 5) is 15.8. The zero-order valence-corrected chi connectivity index (χ0v) is 18.9. The lowest BCUT2D eigenvalue weighted by Gasteiger charge is -2.14. The number of carbonyl (C=O) groups is 1. The van der Waals surface area contributed by atoms with Crippen molar-refractivity contribution in [3.05, 3.63) is 58.8 Å². The van der Waals surface area contributed by atoms with Crippen LogP contribution in [0.4, 0.5) is 24.7 Å². The number of sulfonamides is 1. The third-order valence-corrected chi connectivity index (χ3v) is 4.70. The number of carbonyl (C=O) groups excluding carboxylic acids is 1. The molecular formula is C21H25F3N4O3S. The Balaban J connectivity index is 2.08. The molecule has 0 saturated carbocycles. The van der Waals surface area contributed by atoms with Crippen molar-refractivity contribution < 1.29 is 26.4 Å². The average molecular weight is 471 g/mol. The van der Waals surface area contributed by atoms with Crippen LogP contribution >= 0.6 is 0 Å². The SMILES string of the molecule is Cc1cc(CNC(=O)C=Cc2ccc(C(F)(F)F)nc2NC(C)C)ccc1NS(C)(=O)=O. The maximum absolute atomic E-state index is 12.9. The Morgan fingerprint density at radius 2 is 1.88 bits per heavy atom. The van der Waals surface area contributed by atoms with Gasteiger partial charge in [0.25, 0.3) is 0 Å². The summed E-state index contributed by atoms with van der Waals surface area (Å²) in [5.41, 5.74) is 1.21. The molecule has 7 nitrogen and oxygen atoms in total. The number of nitrogens with zero attached hydrogens (tertiary/aromatic N) is 1. The van der Waals surface area contributed by atoms with Crippen molar-refractivity contribution in [1.29, 1.82) is 0 Å². The van der Waals surface area contributed by atoms with Gasteiger partial charge in [-0.25, -0.2) is 13.4 Å². The molecule has 1 amide bonds. The number of aryl methyl sites for hydroxylation is 1. The smallest absolute Gasteiger partial charge is 0.367 e. The molecule has 2 aromatic rings. The van der Waals surface area contributed by atoms with E-state index >= 15 is 0 Å². The van der Waals surface area contributed by atoms with E-state index in [4.69, 9.17) is 0 Å². The third-order valence-electron chi connectivity index (χ3n) is 4.11. The number of nitrogens with one attached hydrogen (secondary N) is 3. The number of alkyl halides is 3. The molecule has 1 aromatic heterocycles. The Morgan fingerprint density at radius 3 is 2.44 bits per heavy atom. The van der Waals surface area contributed by atoms with Crippen molar-refractivity contribution in [2.24, 2.45) is 0 Å². The highest BCUT2D eigenvalue weighted by molar-refractivity contribution is 7.92. The van der Waals surface area contributed by atoms with E-state index in [2.05, 4.69) is 20.3 Å². The Hall–Kier alpha value is -3.08. The van der Waals surface area contributed by atoms with Crippen molar-refractivity contribution in [3.63, 3.8) is 0 Å². The Labute approximate surface area is 185 Å². The number of hydrogen-bond acceptors (Lipinski definition) is 5. The van der Waals surface area contributed by atoms with E-state index < -0.39 is 27.8 Å². The molecule has 0 aliphatic carbocycles. The highest BCUT2D eigenvalue weighted by atomic mass is 32.2. The highest BCUT2D eigenvalue weighted by Crippen LogP contribution is 2.30. The van der Waals surface area contributed by atoms with Crippen LogP contribution in [-0.4, -0.2) is 31.6 Å². The molecule has 1 heterocycles. The van der Waals surface area contributed by atoms with Crippen LogP contribution in [0.3, 0.4) is 0 Å². The first kappa shape index (κ1) is 25.2. The quantitative estimate of drug-likeness (QED) is 0.508. The second-order valence-electron chi connectivity index (χ2n) is 7.51. The van der Waals surface area contributed by atoms with Gasteiger partial charge in [0, 0.05) is 24.2 Å². The zero-order chi connectivity index (χ0) is 24.1. The number of halogens is 3. The van der Waals surface area contributed by atoms with Gasteiger partial charge in [-0.05, 0) is 56.2 Å². The predicted molar refractivity (Wildman–Crippen MR) is 119 cm³/mol. The molecule has 0 aliphatic heterocycles. The number of hydrogen-bond donors (Lipinski definition) is 3. The normalized spacial score (nSPS) is 12.2. The summed E-state index contributed by atoms with van der Waals surface area (Å²) in [7, 11) is -3.40. The topological polar surface area (TPSA) is 100 Å². The minimum Gasteiger partial charge on any atom is -0.367 e. The number of amides is 1. The minimum atomic E-state index is -4.57. The van der Waals surface area contributed by atoms with Crippen molar-refractivity contribution in [2.45, 2.75) is 39.5 Å². The molecule has 3 N–H and O–H groups in total. The van der Waals surface area contributed by atoms with Crippen LogP contribution in [0.2, 0.25) is 0 Å². The van der Waals surface area contributed by atoms with Crippen molar-refractivity contribution in [1.82, 2.24) is 10.3 Å². The highest BCUT2D eigenvalue weighted by Gasteiger charge is 2.33. The van der Waals surface area contributed by atoms with Crippen LogP contribution in [0.1, 0.15) is 36.2 Å². The molecule has 11 heteroatoms. The predicted octanol–water partition coefficient (Wildman–Crippen LogP) is 3.93. The summed E-state index contributed by atoms with van der Waals surface area (Å²) >= 11 is 0. The number of aromatic nitrogens is 1. The molecule has 1 aromatic carbocycles. The van der Waals surface area contributed by atoms with Crippen LogP contribution in [0.25, 0.3) is 6.08 Å². The van der Waals surface area contributed by atoms with Crippen molar-refractivity contribution in [2.75, 3.05) is 16.3 Å². The van der Waals surface area contributed by atoms with Crippen molar-refractivity contribution >= 4 is 33.5 Å². The van der Waals surface area contributed by atoms with Gasteiger partial charge in [0.15, 0.2) is 0 Å². The fourth-order valence-corrected chi connectivity index (χ4v) is 3.34. The van der Waals surface area contributed by atoms with Gasteiger partial charge < -0.3 is 10.6 Å². The first-order valence-electron chi connectivity index (χ1n) is 9.62. The second kappa shape index (κ2) is 10.0. The molecule has 0 spiro atoms. The lowest BCUT2D eigenvalue weighted by Crippen LogP contribution is -2.20. The fraction of sp³-hybridized carbons (Fsp3) is 0.333. The summed E-state index contributed by atoms with van der Waals surface area (Å²) in [5.74, 6) is -0.417. The van der Waals surface area contributed by atoms with Gasteiger partial charge in [-0.15, -0.1) is 0 Å². The molecule has 0 bridgehead atoms. The zero-order valence-electron chi connectivity index (χ0n) is 18.0. The number of rotatable bonds is 8. The second-order valence-corrected chi connectivity index (χ2v) is 9.25. The molecule has 2 rings (SSSR count). The Kier molecular flexibility index (Phi) is 7.89. The Bertz CT molecular complexity index is 1110. The summed E-state index contributed by atoms with van der Waals surface area (Å²) in [6.45, 7) is 5.45. The summed E-state index contributed by atoms with van der Waals surface area (Å²) < 4.78 is 63.9. The van der Waals surface area contributed by atoms with Crippen LogP contribution in [0.5, 0.6) is 0 Å². The summed E-state index contributed by atoms with van der Waals surface area (Å²) in [5, 5.41) is 5.53. The lowest BCUT2D eigenvalue weighted by molar-refractivity contribution is -0.141. The van der Waals surface area contributed by atoms with E-state index in [0.717, 1.165) is 17.9 Å². The number of pyridine rings is 1. The van der Waals surface area contributed by atoms with Gasteiger partial charge in [-0.3, -0.25) is 9.52 Å². The molecule has 0 atom stereocenters. The summed E-state index contributed by atoms with van der Waals surface area (Å²) in [6.07, 6.45) is -0.918. The molecule has 174 valence electrons. The maximum atomic E-state index is 12.9. The van der Waals surface area contributed by atoms with Crippen LogP contribution < -0.4 is 15.4 Å². The molecule has 0 aliphatic rings. The molecule has 0 unspecified atom stereocenters. The third kappa shape index (κ3) is 7.88. The van der Waals surface area contributed by atoms with Crippen LogP contribution in [0.15, 0.2) is 36.4 Å². The molecule has 0 saturated heterocycles. The molecule has 32 heavy (non-hydrogen) atoms. The first-order valence-corrected chi connectivity index (χ1v) is 11.5. The largest absolute Gasteiger partial charge is 0.433 e. The summed E-state index contributed by atoms with van der Waals surface area (Å²) in [6, 6.07) is 6.97.